The lowest BCUT2D eigenvalue weighted by atomic mass is 10.1. The number of aromatic nitrogens is 3. The van der Waals surface area contributed by atoms with Crippen molar-refractivity contribution in [3.8, 4) is 5.69 Å². The van der Waals surface area contributed by atoms with E-state index in [1.807, 2.05) is 55.5 Å². The molecule has 8 heteroatoms. The zero-order valence-corrected chi connectivity index (χ0v) is 18.4. The van der Waals surface area contributed by atoms with Crippen LogP contribution >= 0.6 is 12.2 Å². The molecule has 5 rings (SSSR count). The fourth-order valence-electron chi connectivity index (χ4n) is 3.55. The van der Waals surface area contributed by atoms with Crippen LogP contribution in [-0.4, -0.2) is 26.0 Å². The van der Waals surface area contributed by atoms with Gasteiger partial charge in [-0.05, 0) is 84.0 Å². The molecule has 0 aliphatic carbocycles. The topological polar surface area (TPSA) is 71.8 Å². The van der Waals surface area contributed by atoms with Gasteiger partial charge >= 0.3 is 0 Å². The molecule has 1 aromatic heterocycles. The summed E-state index contributed by atoms with van der Waals surface area (Å²) in [5.74, 6) is -0.615. The van der Waals surface area contributed by atoms with Crippen molar-refractivity contribution in [2.24, 2.45) is 0 Å². The van der Waals surface area contributed by atoms with Crippen LogP contribution in [0.15, 0.2) is 78.9 Å². The first-order valence-electron chi connectivity index (χ1n) is 10.2. The summed E-state index contributed by atoms with van der Waals surface area (Å²) in [6.07, 6.45) is 0. The Morgan fingerprint density at radius 2 is 1.61 bits per heavy atom. The Morgan fingerprint density at radius 3 is 2.36 bits per heavy atom. The first-order valence-corrected chi connectivity index (χ1v) is 10.6. The molecule has 0 aliphatic rings. The number of hydrogen-bond acceptors (Lipinski definition) is 4. The van der Waals surface area contributed by atoms with Crippen LogP contribution in [-0.2, 0) is 0 Å². The molecule has 33 heavy (non-hydrogen) atoms. The third kappa shape index (κ3) is 4.28. The Bertz CT molecular complexity index is 1530. The maximum atomic E-state index is 13.2. The molecular weight excluding hydrogens is 437 g/mol. The average Bonchev–Trinajstić information content (AvgIpc) is 3.22. The molecule has 2 N–H and O–H groups in total. The van der Waals surface area contributed by atoms with Crippen LogP contribution in [0.25, 0.3) is 27.5 Å². The summed E-state index contributed by atoms with van der Waals surface area (Å²) in [5, 5.41) is 17.0. The number of thiocarbonyl (C=S) groups is 1. The number of carbonyl (C=O) groups is 1. The molecule has 1 heterocycles. The van der Waals surface area contributed by atoms with E-state index in [4.69, 9.17) is 12.2 Å². The molecule has 6 nitrogen and oxygen atoms in total. The number of rotatable bonds is 3. The molecule has 1 amide bonds. The van der Waals surface area contributed by atoms with Gasteiger partial charge in [0.2, 0.25) is 0 Å². The molecule has 0 spiro atoms. The van der Waals surface area contributed by atoms with E-state index >= 15 is 0 Å². The number of anilines is 1. The SMILES string of the molecule is Cc1cc2nn(-c3ccc(F)cc3)nc2cc1NC(=S)NC(=O)c1ccc2ccccc2c1. The highest BCUT2D eigenvalue weighted by Crippen LogP contribution is 2.22. The van der Waals surface area contributed by atoms with Crippen LogP contribution in [0, 0.1) is 12.7 Å². The fraction of sp³-hybridized carbons (Fsp3) is 0.0400. The van der Waals surface area contributed by atoms with Gasteiger partial charge in [-0.15, -0.1) is 10.2 Å². The highest BCUT2D eigenvalue weighted by Gasteiger charge is 2.12. The van der Waals surface area contributed by atoms with Crippen molar-refractivity contribution >= 4 is 50.7 Å². The van der Waals surface area contributed by atoms with Gasteiger partial charge in [-0.25, -0.2) is 4.39 Å². The molecule has 0 atom stereocenters. The van der Waals surface area contributed by atoms with E-state index in [0.29, 0.717) is 28.0 Å². The summed E-state index contributed by atoms with van der Waals surface area (Å²) in [6.45, 7) is 1.91. The van der Waals surface area contributed by atoms with Crippen molar-refractivity contribution in [1.82, 2.24) is 20.3 Å². The molecular formula is C25H18FN5OS. The van der Waals surface area contributed by atoms with Gasteiger partial charge in [-0.3, -0.25) is 10.1 Å². The van der Waals surface area contributed by atoms with Gasteiger partial charge in [0.15, 0.2) is 5.11 Å². The molecule has 4 aromatic carbocycles. The third-order valence-corrected chi connectivity index (χ3v) is 5.48. The van der Waals surface area contributed by atoms with Gasteiger partial charge in [0.25, 0.3) is 5.91 Å². The van der Waals surface area contributed by atoms with E-state index in [-0.39, 0.29) is 16.8 Å². The Morgan fingerprint density at radius 1 is 0.909 bits per heavy atom. The first kappa shape index (κ1) is 20.7. The number of benzene rings is 4. The number of nitrogens with one attached hydrogen (secondary N) is 2. The Kier molecular flexibility index (Phi) is 5.27. The first-order chi connectivity index (χ1) is 16.0. The monoisotopic (exact) mass is 455 g/mol. The molecule has 0 saturated heterocycles. The Balaban J connectivity index is 1.34. The number of halogens is 1. The second-order valence-electron chi connectivity index (χ2n) is 7.59. The van der Waals surface area contributed by atoms with E-state index in [9.17, 15) is 9.18 Å². The van der Waals surface area contributed by atoms with Gasteiger partial charge in [0.05, 0.1) is 5.69 Å². The zero-order valence-electron chi connectivity index (χ0n) is 17.5. The molecule has 5 aromatic rings. The minimum absolute atomic E-state index is 0.182. The van der Waals surface area contributed by atoms with Crippen molar-refractivity contribution in [2.75, 3.05) is 5.32 Å². The van der Waals surface area contributed by atoms with Gasteiger partial charge < -0.3 is 5.32 Å². The van der Waals surface area contributed by atoms with Crippen LogP contribution in [0.2, 0.25) is 0 Å². The van der Waals surface area contributed by atoms with E-state index in [2.05, 4.69) is 20.8 Å². The predicted octanol–water partition coefficient (Wildman–Crippen LogP) is 5.15. The second kappa shape index (κ2) is 8.40. The summed E-state index contributed by atoms with van der Waals surface area (Å²) < 4.78 is 13.2. The maximum absolute atomic E-state index is 13.2. The van der Waals surface area contributed by atoms with Crippen molar-refractivity contribution in [3.05, 3.63) is 95.8 Å². The predicted molar refractivity (Wildman–Crippen MR) is 131 cm³/mol. The zero-order chi connectivity index (χ0) is 22.9. The Hall–Kier alpha value is -4.17. The largest absolute Gasteiger partial charge is 0.332 e. The van der Waals surface area contributed by atoms with Crippen LogP contribution in [0.1, 0.15) is 15.9 Å². The quantitative estimate of drug-likeness (QED) is 0.368. The van der Waals surface area contributed by atoms with E-state index in [0.717, 1.165) is 16.3 Å². The standard InChI is InChI=1S/C25H18FN5OS/c1-15-12-22-23(30-31(29-22)20-10-8-19(26)9-11-20)14-21(15)27-25(33)28-24(32)18-7-6-16-4-2-3-5-17(16)13-18/h2-14H,1H3,(H2,27,28,32,33). The number of hydrogen-bond donors (Lipinski definition) is 2. The molecule has 0 aliphatic heterocycles. The molecule has 0 saturated carbocycles. The van der Waals surface area contributed by atoms with E-state index < -0.39 is 0 Å². The van der Waals surface area contributed by atoms with Gasteiger partial charge in [-0.1, -0.05) is 30.3 Å². The van der Waals surface area contributed by atoms with Crippen molar-refractivity contribution in [2.45, 2.75) is 6.92 Å². The number of nitrogens with zero attached hydrogens (tertiary/aromatic N) is 3. The number of carbonyl (C=O) groups excluding carboxylic acids is 1. The molecule has 0 radical (unpaired) electrons. The van der Waals surface area contributed by atoms with Crippen LogP contribution in [0.3, 0.4) is 0 Å². The summed E-state index contributed by atoms with van der Waals surface area (Å²) in [4.78, 5) is 14.1. The second-order valence-corrected chi connectivity index (χ2v) is 8.00. The smallest absolute Gasteiger partial charge is 0.257 e. The number of amides is 1. The lowest BCUT2D eigenvalue weighted by Crippen LogP contribution is -2.34. The molecule has 0 bridgehead atoms. The van der Waals surface area contributed by atoms with Gasteiger partial charge in [-0.2, -0.15) is 4.80 Å². The van der Waals surface area contributed by atoms with E-state index in [1.54, 1.807) is 18.2 Å². The Labute approximate surface area is 194 Å². The average molecular weight is 456 g/mol. The minimum Gasteiger partial charge on any atom is -0.332 e. The number of aryl methyl sites for hydroxylation is 1. The summed E-state index contributed by atoms with van der Waals surface area (Å²) >= 11 is 5.36. The minimum atomic E-state index is -0.322. The third-order valence-electron chi connectivity index (χ3n) is 5.27. The summed E-state index contributed by atoms with van der Waals surface area (Å²) in [7, 11) is 0. The highest BCUT2D eigenvalue weighted by atomic mass is 32.1. The molecule has 0 fully saturated rings. The van der Waals surface area contributed by atoms with Crippen molar-refractivity contribution < 1.29 is 9.18 Å². The van der Waals surface area contributed by atoms with Crippen LogP contribution in [0.4, 0.5) is 10.1 Å². The van der Waals surface area contributed by atoms with Gasteiger partial charge in [0.1, 0.15) is 16.9 Å². The van der Waals surface area contributed by atoms with Gasteiger partial charge in [0, 0.05) is 11.3 Å². The van der Waals surface area contributed by atoms with E-state index in [1.165, 1.54) is 16.9 Å². The molecule has 0 unspecified atom stereocenters. The normalized spacial score (nSPS) is 11.0. The van der Waals surface area contributed by atoms with Crippen LogP contribution < -0.4 is 10.6 Å². The highest BCUT2D eigenvalue weighted by molar-refractivity contribution is 7.80. The maximum Gasteiger partial charge on any atom is 0.257 e. The fourth-order valence-corrected chi connectivity index (χ4v) is 3.75. The van der Waals surface area contributed by atoms with Crippen molar-refractivity contribution in [3.63, 3.8) is 0 Å². The van der Waals surface area contributed by atoms with Crippen LogP contribution in [0.5, 0.6) is 0 Å². The van der Waals surface area contributed by atoms with Crippen molar-refractivity contribution in [1.29, 1.82) is 0 Å². The summed E-state index contributed by atoms with van der Waals surface area (Å²) in [6, 6.07) is 23.0. The lowest BCUT2D eigenvalue weighted by molar-refractivity contribution is 0.0978. The molecule has 162 valence electrons. The summed E-state index contributed by atoms with van der Waals surface area (Å²) in [5.41, 5.74) is 4.09. The number of fused-ring (bicyclic) bond motifs is 2. The lowest BCUT2D eigenvalue weighted by Gasteiger charge is -2.12.